The van der Waals surface area contributed by atoms with Crippen LogP contribution in [0.15, 0.2) is 0 Å². The molecule has 90 valence electrons. The Balaban J connectivity index is 2.59. The molecule has 1 aliphatic rings. The summed E-state index contributed by atoms with van der Waals surface area (Å²) in [4.78, 5) is 0. The Labute approximate surface area is 93.4 Å². The maximum Gasteiger partial charge on any atom is 0.282 e. The molecule has 0 radical (unpaired) electrons. The van der Waals surface area contributed by atoms with E-state index in [-0.39, 0.29) is 0 Å². The molecule has 1 saturated heterocycles. The predicted octanol–water partition coefficient (Wildman–Crippen LogP) is 1.30. The van der Waals surface area contributed by atoms with E-state index in [2.05, 4.69) is 6.92 Å². The van der Waals surface area contributed by atoms with Gasteiger partial charge >= 0.3 is 0 Å². The third-order valence-corrected chi connectivity index (χ3v) is 4.58. The van der Waals surface area contributed by atoms with E-state index in [1.54, 1.807) is 8.61 Å². The zero-order valence-corrected chi connectivity index (χ0v) is 10.8. The molecule has 0 N–H and O–H groups in total. The topological polar surface area (TPSA) is 40.6 Å². The fourth-order valence-electron chi connectivity index (χ4n) is 1.77. The first-order valence-electron chi connectivity index (χ1n) is 5.73. The monoisotopic (exact) mass is 234 g/mol. The van der Waals surface area contributed by atoms with Gasteiger partial charge in [-0.3, -0.25) is 0 Å². The number of unbranched alkanes of at least 4 members (excludes halogenated alkanes) is 1. The molecular formula is C10H22N2O2S. The molecule has 4 nitrogen and oxygen atoms in total. The maximum atomic E-state index is 12.0. The van der Waals surface area contributed by atoms with Gasteiger partial charge < -0.3 is 0 Å². The van der Waals surface area contributed by atoms with E-state index in [4.69, 9.17) is 0 Å². The SMILES string of the molecule is CCCCN1CCN(CC(C)C)S1(=O)=O. The molecule has 0 unspecified atom stereocenters. The first kappa shape index (κ1) is 12.9. The highest BCUT2D eigenvalue weighted by Crippen LogP contribution is 2.18. The lowest BCUT2D eigenvalue weighted by atomic mass is 10.2. The zero-order valence-electron chi connectivity index (χ0n) is 9.94. The summed E-state index contributed by atoms with van der Waals surface area (Å²) in [5.74, 6) is 0.394. The van der Waals surface area contributed by atoms with Crippen molar-refractivity contribution in [2.24, 2.45) is 5.92 Å². The van der Waals surface area contributed by atoms with E-state index in [1.807, 2.05) is 13.8 Å². The molecule has 0 bridgehead atoms. The smallest absolute Gasteiger partial charge is 0.195 e. The number of hydrogen-bond donors (Lipinski definition) is 0. The average molecular weight is 234 g/mol. The van der Waals surface area contributed by atoms with Crippen LogP contribution in [0.2, 0.25) is 0 Å². The largest absolute Gasteiger partial charge is 0.282 e. The summed E-state index contributed by atoms with van der Waals surface area (Å²) in [5.41, 5.74) is 0. The van der Waals surface area contributed by atoms with Crippen LogP contribution in [0.1, 0.15) is 33.6 Å². The van der Waals surface area contributed by atoms with Crippen molar-refractivity contribution < 1.29 is 8.42 Å². The van der Waals surface area contributed by atoms with Crippen molar-refractivity contribution in [2.75, 3.05) is 26.2 Å². The number of rotatable bonds is 5. The molecular weight excluding hydrogens is 212 g/mol. The lowest BCUT2D eigenvalue weighted by Crippen LogP contribution is -2.35. The van der Waals surface area contributed by atoms with Crippen molar-refractivity contribution >= 4 is 10.2 Å². The van der Waals surface area contributed by atoms with Gasteiger partial charge in [0.15, 0.2) is 0 Å². The summed E-state index contributed by atoms with van der Waals surface area (Å²) < 4.78 is 27.2. The Morgan fingerprint density at radius 1 is 1.20 bits per heavy atom. The van der Waals surface area contributed by atoms with Gasteiger partial charge in [0.25, 0.3) is 10.2 Å². The summed E-state index contributed by atoms with van der Waals surface area (Å²) in [5, 5.41) is 0. The molecule has 1 fully saturated rings. The van der Waals surface area contributed by atoms with Gasteiger partial charge in [0.2, 0.25) is 0 Å². The molecule has 0 aliphatic carbocycles. The third kappa shape index (κ3) is 3.16. The Morgan fingerprint density at radius 2 is 1.80 bits per heavy atom. The third-order valence-electron chi connectivity index (χ3n) is 2.58. The molecule has 5 heteroatoms. The summed E-state index contributed by atoms with van der Waals surface area (Å²) in [7, 11) is -3.13. The van der Waals surface area contributed by atoms with Crippen LogP contribution >= 0.6 is 0 Å². The van der Waals surface area contributed by atoms with Gasteiger partial charge in [-0.1, -0.05) is 27.2 Å². The minimum Gasteiger partial charge on any atom is -0.195 e. The quantitative estimate of drug-likeness (QED) is 0.719. The number of hydrogen-bond acceptors (Lipinski definition) is 2. The van der Waals surface area contributed by atoms with E-state index in [0.717, 1.165) is 12.8 Å². The summed E-state index contributed by atoms with van der Waals surface area (Å²) in [6, 6.07) is 0. The molecule has 0 amide bonds. The van der Waals surface area contributed by atoms with Crippen LogP contribution in [-0.4, -0.2) is 43.2 Å². The molecule has 15 heavy (non-hydrogen) atoms. The van der Waals surface area contributed by atoms with Crippen molar-refractivity contribution in [1.82, 2.24) is 8.61 Å². The van der Waals surface area contributed by atoms with Gasteiger partial charge in [-0.25, -0.2) is 0 Å². The molecule has 1 rings (SSSR count). The second-order valence-corrected chi connectivity index (χ2v) is 6.44. The highest BCUT2D eigenvalue weighted by atomic mass is 32.2. The van der Waals surface area contributed by atoms with Gasteiger partial charge in [0, 0.05) is 26.2 Å². The highest BCUT2D eigenvalue weighted by molar-refractivity contribution is 7.87. The Kier molecular flexibility index (Phi) is 4.55. The first-order valence-corrected chi connectivity index (χ1v) is 7.13. The van der Waals surface area contributed by atoms with Gasteiger partial charge in [-0.2, -0.15) is 17.0 Å². The van der Waals surface area contributed by atoms with Gasteiger partial charge in [-0.05, 0) is 12.3 Å². The molecule has 0 aromatic heterocycles. The minimum atomic E-state index is -3.13. The summed E-state index contributed by atoms with van der Waals surface area (Å²) in [6.07, 6.45) is 1.99. The van der Waals surface area contributed by atoms with Gasteiger partial charge in [0.1, 0.15) is 0 Å². The fraction of sp³-hybridized carbons (Fsp3) is 1.00. The van der Waals surface area contributed by atoms with Crippen molar-refractivity contribution in [1.29, 1.82) is 0 Å². The van der Waals surface area contributed by atoms with Gasteiger partial charge in [-0.15, -0.1) is 0 Å². The second kappa shape index (κ2) is 5.27. The molecule has 0 aromatic carbocycles. The molecule has 0 atom stereocenters. The molecule has 1 heterocycles. The van der Waals surface area contributed by atoms with Crippen molar-refractivity contribution in [3.63, 3.8) is 0 Å². The molecule has 0 saturated carbocycles. The molecule has 0 aromatic rings. The van der Waals surface area contributed by atoms with E-state index >= 15 is 0 Å². The Bertz CT molecular complexity index is 288. The van der Waals surface area contributed by atoms with Crippen LogP contribution in [0.25, 0.3) is 0 Å². The molecule has 1 aliphatic heterocycles. The summed E-state index contributed by atoms with van der Waals surface area (Å²) >= 11 is 0. The minimum absolute atomic E-state index is 0.394. The van der Waals surface area contributed by atoms with Crippen LogP contribution in [-0.2, 0) is 10.2 Å². The predicted molar refractivity (Wildman–Crippen MR) is 61.8 cm³/mol. The van der Waals surface area contributed by atoms with Crippen LogP contribution in [0, 0.1) is 5.92 Å². The van der Waals surface area contributed by atoms with Gasteiger partial charge in [0.05, 0.1) is 0 Å². The standard InChI is InChI=1S/C10H22N2O2S/c1-4-5-6-11-7-8-12(9-10(2)3)15(11,13)14/h10H,4-9H2,1-3H3. The van der Waals surface area contributed by atoms with Crippen LogP contribution in [0.3, 0.4) is 0 Å². The van der Waals surface area contributed by atoms with E-state index in [1.165, 1.54) is 0 Å². The summed E-state index contributed by atoms with van der Waals surface area (Å²) in [6.45, 7) is 8.81. The zero-order chi connectivity index (χ0) is 11.5. The first-order chi connectivity index (χ1) is 6.98. The van der Waals surface area contributed by atoms with Crippen molar-refractivity contribution in [2.45, 2.75) is 33.6 Å². The maximum absolute atomic E-state index is 12.0. The Hall–Kier alpha value is -0.130. The number of nitrogens with zero attached hydrogens (tertiary/aromatic N) is 2. The second-order valence-electron chi connectivity index (χ2n) is 4.51. The normalized spacial score (nSPS) is 22.7. The fourth-order valence-corrected chi connectivity index (χ4v) is 3.57. The molecule has 0 spiro atoms. The van der Waals surface area contributed by atoms with E-state index in [0.29, 0.717) is 32.1 Å². The lowest BCUT2D eigenvalue weighted by Gasteiger charge is -2.19. The van der Waals surface area contributed by atoms with E-state index in [9.17, 15) is 8.42 Å². The lowest BCUT2D eigenvalue weighted by molar-refractivity contribution is 0.397. The highest BCUT2D eigenvalue weighted by Gasteiger charge is 2.35. The Morgan fingerprint density at radius 3 is 2.33 bits per heavy atom. The van der Waals surface area contributed by atoms with Crippen LogP contribution < -0.4 is 0 Å². The van der Waals surface area contributed by atoms with Crippen molar-refractivity contribution in [3.05, 3.63) is 0 Å². The average Bonchev–Trinajstić information content (AvgIpc) is 2.39. The van der Waals surface area contributed by atoms with Crippen molar-refractivity contribution in [3.8, 4) is 0 Å². The van der Waals surface area contributed by atoms with Crippen LogP contribution in [0.5, 0.6) is 0 Å². The van der Waals surface area contributed by atoms with E-state index < -0.39 is 10.2 Å². The van der Waals surface area contributed by atoms with Crippen LogP contribution in [0.4, 0.5) is 0 Å².